The van der Waals surface area contributed by atoms with E-state index in [1.165, 1.54) is 57.3 Å². The highest BCUT2D eigenvalue weighted by molar-refractivity contribution is 6.23. The van der Waals surface area contributed by atoms with Gasteiger partial charge >= 0.3 is 0 Å². The van der Waals surface area contributed by atoms with Gasteiger partial charge in [-0.2, -0.15) is 0 Å². The number of unbranched alkanes of at least 4 members (excludes halogenated alkanes) is 2. The first-order valence-electron chi connectivity index (χ1n) is 21.8. The Balaban J connectivity index is 0.977. The molecule has 63 heavy (non-hydrogen) atoms. The van der Waals surface area contributed by atoms with Gasteiger partial charge < -0.3 is 42.6 Å². The minimum absolute atomic E-state index is 0.00105. The van der Waals surface area contributed by atoms with Crippen LogP contribution in [0.5, 0.6) is 0 Å². The minimum Gasteiger partial charge on any atom is -0.368 e. The molecule has 16 nitrogen and oxygen atoms in total. The van der Waals surface area contributed by atoms with E-state index in [4.69, 9.17) is 5.73 Å². The van der Waals surface area contributed by atoms with Crippen molar-refractivity contribution in [3.8, 4) is 0 Å². The van der Waals surface area contributed by atoms with Gasteiger partial charge in [0, 0.05) is 37.7 Å². The van der Waals surface area contributed by atoms with Gasteiger partial charge in [-0.3, -0.25) is 33.6 Å². The van der Waals surface area contributed by atoms with Crippen LogP contribution < -0.4 is 37.6 Å². The number of aryl methyl sites for hydroxylation is 1. The lowest BCUT2D eigenvalue weighted by molar-refractivity contribution is -0.135. The summed E-state index contributed by atoms with van der Waals surface area (Å²) in [6.07, 6.45) is 7.14. The molecule has 0 unspecified atom stereocenters. The maximum absolute atomic E-state index is 13.4. The van der Waals surface area contributed by atoms with Gasteiger partial charge in [0.1, 0.15) is 24.2 Å². The van der Waals surface area contributed by atoms with Crippen LogP contribution in [0, 0.1) is 11.8 Å². The lowest BCUT2D eigenvalue weighted by atomic mass is 9.90. The molecule has 336 valence electrons. The quantitative estimate of drug-likeness (QED) is 0.0337. The smallest absolute Gasteiger partial charge is 0.243 e. The monoisotopic (exact) mass is 863 g/mol. The maximum Gasteiger partial charge on any atom is 0.243 e. The van der Waals surface area contributed by atoms with E-state index in [0.29, 0.717) is 37.9 Å². The molecule has 9 N–H and O–H groups in total. The van der Waals surface area contributed by atoms with Gasteiger partial charge in [-0.25, -0.2) is 4.98 Å². The number of hydrogen-bond acceptors (Lipinski definition) is 8. The molecule has 0 aliphatic heterocycles. The molecular weight excluding hydrogens is 803 g/mol. The topological polar surface area (TPSA) is 246 Å². The van der Waals surface area contributed by atoms with Crippen molar-refractivity contribution in [2.24, 2.45) is 17.6 Å². The standard InChI is InChI=1S/C47H61N9O7/c1-27(2)42(47(63)56-43(28(3)4)46(62)53-29(5)45(61)51-25-39(59)54-36(44(48)60)23-34-24-49-26-52-34)55-38(58)14-7-6-8-22-50-37(57)15-10-11-30-16-17-33-19-18-31-12-9-13-32-20-21-35(30)41(33)40(31)32/h9,12-13,16-21,24,26-29,36,42-43H,6-8,10-11,14-15,22-23,25H2,1-5H3,(H2,48,60)(H,49,52)(H,50,57)(H,51,61)(H,53,62)(H,54,59)(H,55,58)(H,56,63)/t29-,36-,42-,43-/m0/s1. The molecule has 0 bridgehead atoms. The summed E-state index contributed by atoms with van der Waals surface area (Å²) in [4.78, 5) is 96.0. The van der Waals surface area contributed by atoms with Crippen molar-refractivity contribution in [1.29, 1.82) is 0 Å². The number of aromatic nitrogens is 2. The van der Waals surface area contributed by atoms with Gasteiger partial charge in [0.05, 0.1) is 12.9 Å². The normalized spacial score (nSPS) is 13.4. The third-order valence-electron chi connectivity index (χ3n) is 11.2. The summed E-state index contributed by atoms with van der Waals surface area (Å²) in [5.41, 5.74) is 7.23. The molecule has 4 atom stereocenters. The third kappa shape index (κ3) is 13.2. The summed E-state index contributed by atoms with van der Waals surface area (Å²) in [6.45, 7) is 8.50. The van der Waals surface area contributed by atoms with E-state index < -0.39 is 60.2 Å². The van der Waals surface area contributed by atoms with Gasteiger partial charge in [-0.1, -0.05) is 88.7 Å². The maximum atomic E-state index is 13.4. The van der Waals surface area contributed by atoms with Crippen molar-refractivity contribution in [3.63, 3.8) is 0 Å². The van der Waals surface area contributed by atoms with Gasteiger partial charge in [-0.15, -0.1) is 0 Å². The summed E-state index contributed by atoms with van der Waals surface area (Å²) >= 11 is 0. The Labute approximate surface area is 367 Å². The van der Waals surface area contributed by atoms with Crippen LogP contribution >= 0.6 is 0 Å². The van der Waals surface area contributed by atoms with Crippen LogP contribution in [0.1, 0.15) is 84.4 Å². The number of rotatable bonds is 24. The van der Waals surface area contributed by atoms with E-state index in [9.17, 15) is 33.6 Å². The summed E-state index contributed by atoms with van der Waals surface area (Å²) in [6, 6.07) is 15.4. The first-order chi connectivity index (χ1) is 30.1. The molecule has 7 amide bonds. The van der Waals surface area contributed by atoms with Gasteiger partial charge in [-0.05, 0) is 82.3 Å². The molecule has 0 saturated carbocycles. The highest BCUT2D eigenvalue weighted by Gasteiger charge is 2.32. The Morgan fingerprint density at radius 3 is 1.94 bits per heavy atom. The highest BCUT2D eigenvalue weighted by atomic mass is 16.2. The molecule has 16 heteroatoms. The number of carbonyl (C=O) groups is 7. The SMILES string of the molecule is CC(C)[C@H](NC(=O)CCCCCNC(=O)CCCc1ccc2ccc3cccc4ccc1c2c34)C(=O)N[C@H](C(=O)N[C@@H](C)C(=O)NCC(=O)N[C@@H](Cc1cnc[nH]1)C(N)=O)C(C)C. The third-order valence-corrected chi connectivity index (χ3v) is 11.2. The van der Waals surface area contributed by atoms with Crippen molar-refractivity contribution >= 4 is 73.7 Å². The molecule has 1 aromatic heterocycles. The van der Waals surface area contributed by atoms with Crippen molar-refractivity contribution in [2.75, 3.05) is 13.1 Å². The zero-order valence-corrected chi connectivity index (χ0v) is 36.8. The van der Waals surface area contributed by atoms with E-state index >= 15 is 0 Å². The summed E-state index contributed by atoms with van der Waals surface area (Å²) in [5, 5.41) is 23.5. The molecule has 0 radical (unpaired) electrons. The van der Waals surface area contributed by atoms with E-state index in [1.807, 2.05) is 0 Å². The highest BCUT2D eigenvalue weighted by Crippen LogP contribution is 2.36. The van der Waals surface area contributed by atoms with Crippen LogP contribution in [0.4, 0.5) is 0 Å². The number of nitrogens with zero attached hydrogens (tertiary/aromatic N) is 1. The molecule has 0 spiro atoms. The number of aromatic amines is 1. The predicted molar refractivity (Wildman–Crippen MR) is 242 cm³/mol. The summed E-state index contributed by atoms with van der Waals surface area (Å²) < 4.78 is 0. The van der Waals surface area contributed by atoms with E-state index in [2.05, 4.69) is 96.5 Å². The molecule has 0 fully saturated rings. The van der Waals surface area contributed by atoms with Crippen LogP contribution in [0.3, 0.4) is 0 Å². The van der Waals surface area contributed by atoms with Crippen molar-refractivity contribution in [3.05, 3.63) is 78.4 Å². The van der Waals surface area contributed by atoms with Crippen LogP contribution in [-0.2, 0) is 46.4 Å². The second kappa shape index (κ2) is 22.5. The average Bonchev–Trinajstić information content (AvgIpc) is 3.77. The van der Waals surface area contributed by atoms with E-state index in [0.717, 1.165) is 12.8 Å². The predicted octanol–water partition coefficient (Wildman–Crippen LogP) is 3.42. The lowest BCUT2D eigenvalue weighted by Gasteiger charge is -2.28. The zero-order valence-electron chi connectivity index (χ0n) is 36.8. The number of H-pyrrole nitrogens is 1. The number of benzene rings is 4. The first-order valence-corrected chi connectivity index (χ1v) is 21.8. The first kappa shape index (κ1) is 47.5. The summed E-state index contributed by atoms with van der Waals surface area (Å²) in [5.74, 6) is -4.23. The molecule has 5 rings (SSSR count). The van der Waals surface area contributed by atoms with Crippen molar-refractivity contribution < 1.29 is 33.6 Å². The van der Waals surface area contributed by atoms with Gasteiger partial charge in [0.2, 0.25) is 41.4 Å². The number of carbonyl (C=O) groups excluding carboxylic acids is 7. The number of nitrogens with one attached hydrogen (secondary N) is 7. The molecule has 4 aromatic carbocycles. The van der Waals surface area contributed by atoms with Gasteiger partial charge in [0.15, 0.2) is 0 Å². The Bertz CT molecular complexity index is 2360. The number of hydrogen-bond donors (Lipinski definition) is 8. The Morgan fingerprint density at radius 2 is 1.27 bits per heavy atom. The average molecular weight is 864 g/mol. The number of primary amides is 1. The van der Waals surface area contributed by atoms with Gasteiger partial charge in [0.25, 0.3) is 0 Å². The fourth-order valence-electron chi connectivity index (χ4n) is 7.69. The van der Waals surface area contributed by atoms with Crippen LogP contribution in [0.25, 0.3) is 32.3 Å². The van der Waals surface area contributed by atoms with Crippen LogP contribution in [-0.4, -0.2) is 88.6 Å². The van der Waals surface area contributed by atoms with Crippen LogP contribution in [0.2, 0.25) is 0 Å². The molecular formula is C47H61N9O7. The lowest BCUT2D eigenvalue weighted by Crippen LogP contribution is -2.59. The molecule has 0 saturated heterocycles. The Morgan fingerprint density at radius 1 is 0.635 bits per heavy atom. The zero-order chi connectivity index (χ0) is 45.6. The number of nitrogens with two attached hydrogens (primary N) is 1. The second-order valence-electron chi connectivity index (χ2n) is 16.9. The fourth-order valence-corrected chi connectivity index (χ4v) is 7.69. The largest absolute Gasteiger partial charge is 0.368 e. The fraction of sp³-hybridized carbons (Fsp3) is 0.447. The number of imidazole rings is 1. The number of amides is 7. The Kier molecular flexibility index (Phi) is 16.9. The minimum atomic E-state index is -1.08. The molecule has 1 heterocycles. The van der Waals surface area contributed by atoms with Crippen LogP contribution in [0.15, 0.2) is 67.1 Å². The molecule has 0 aliphatic carbocycles. The van der Waals surface area contributed by atoms with Crippen molar-refractivity contribution in [1.82, 2.24) is 41.9 Å². The Hall–Kier alpha value is -6.58. The second-order valence-corrected chi connectivity index (χ2v) is 16.9. The van der Waals surface area contributed by atoms with Crippen molar-refractivity contribution in [2.45, 2.75) is 110 Å². The molecule has 0 aliphatic rings. The van der Waals surface area contributed by atoms with E-state index in [-0.39, 0.29) is 36.5 Å². The molecule has 5 aromatic rings. The summed E-state index contributed by atoms with van der Waals surface area (Å²) in [7, 11) is 0. The van der Waals surface area contributed by atoms with E-state index in [1.54, 1.807) is 27.7 Å².